The van der Waals surface area contributed by atoms with Crippen LogP contribution < -0.4 is 11.1 Å². The maximum Gasteiger partial charge on any atom is 0.269 e. The van der Waals surface area contributed by atoms with Crippen molar-refractivity contribution in [2.75, 3.05) is 12.3 Å². The number of hydrogen-bond donors (Lipinski definition) is 2. The van der Waals surface area contributed by atoms with Gasteiger partial charge in [0.1, 0.15) is 5.69 Å². The summed E-state index contributed by atoms with van der Waals surface area (Å²) in [5.74, 6) is -0.123. The number of nitrogens with one attached hydrogen (secondary N) is 1. The highest BCUT2D eigenvalue weighted by Crippen LogP contribution is 2.40. The predicted molar refractivity (Wildman–Crippen MR) is 72.2 cm³/mol. The zero-order valence-electron chi connectivity index (χ0n) is 10.9. The minimum Gasteiger partial charge on any atom is -0.399 e. The molecule has 4 nitrogen and oxygen atoms in total. The molecule has 0 unspecified atom stereocenters. The second-order valence-electron chi connectivity index (χ2n) is 5.22. The van der Waals surface area contributed by atoms with Gasteiger partial charge in [0.25, 0.3) is 5.91 Å². The molecule has 1 amide bonds. The number of nitrogens with zero attached hydrogens (tertiary/aromatic N) is 1. The van der Waals surface area contributed by atoms with Crippen LogP contribution in [0.2, 0.25) is 0 Å². The fraction of sp³-hybridized carbons (Fsp3) is 0.571. The minimum atomic E-state index is -0.123. The zero-order valence-corrected chi connectivity index (χ0v) is 10.9. The van der Waals surface area contributed by atoms with Crippen LogP contribution in [0.4, 0.5) is 5.69 Å². The average molecular weight is 247 g/mol. The van der Waals surface area contributed by atoms with Gasteiger partial charge in [0.05, 0.1) is 0 Å². The molecule has 1 aliphatic rings. The first-order valence-corrected chi connectivity index (χ1v) is 6.65. The molecule has 4 heteroatoms. The average Bonchev–Trinajstić information content (AvgIpc) is 2.85. The molecule has 1 aromatic rings. The Labute approximate surface area is 108 Å². The van der Waals surface area contributed by atoms with Gasteiger partial charge >= 0.3 is 0 Å². The molecule has 0 saturated heterocycles. The molecule has 0 aromatic carbocycles. The van der Waals surface area contributed by atoms with E-state index in [-0.39, 0.29) is 5.91 Å². The molecule has 98 valence electrons. The first-order valence-electron chi connectivity index (χ1n) is 6.65. The molecule has 0 spiro atoms. The second-order valence-corrected chi connectivity index (χ2v) is 5.22. The lowest BCUT2D eigenvalue weighted by Gasteiger charge is -2.27. The predicted octanol–water partition coefficient (Wildman–Crippen LogP) is 2.36. The number of hydrogen-bond acceptors (Lipinski definition) is 3. The van der Waals surface area contributed by atoms with Gasteiger partial charge in [-0.25, -0.2) is 0 Å². The number of nitrogen functional groups attached to an aromatic ring is 1. The molecule has 0 bridgehead atoms. The lowest BCUT2D eigenvalue weighted by Crippen LogP contribution is -2.36. The molecule has 1 aliphatic carbocycles. The van der Waals surface area contributed by atoms with Gasteiger partial charge in [-0.15, -0.1) is 0 Å². The van der Waals surface area contributed by atoms with E-state index in [1.54, 1.807) is 18.3 Å². The van der Waals surface area contributed by atoms with Crippen molar-refractivity contribution in [1.82, 2.24) is 10.3 Å². The summed E-state index contributed by atoms with van der Waals surface area (Å²) in [4.78, 5) is 16.0. The second kappa shape index (κ2) is 5.38. The molecule has 1 aromatic heterocycles. The minimum absolute atomic E-state index is 0.123. The van der Waals surface area contributed by atoms with Gasteiger partial charge in [-0.1, -0.05) is 19.8 Å². The summed E-state index contributed by atoms with van der Waals surface area (Å²) in [6.45, 7) is 2.95. The number of nitrogens with two attached hydrogens (primary N) is 1. The van der Waals surface area contributed by atoms with Crippen molar-refractivity contribution in [2.24, 2.45) is 5.41 Å². The van der Waals surface area contributed by atoms with Crippen LogP contribution in [0, 0.1) is 5.41 Å². The Morgan fingerprint density at radius 3 is 2.83 bits per heavy atom. The Morgan fingerprint density at radius 2 is 2.22 bits per heavy atom. The van der Waals surface area contributed by atoms with E-state index >= 15 is 0 Å². The van der Waals surface area contributed by atoms with Crippen LogP contribution in [0.5, 0.6) is 0 Å². The third kappa shape index (κ3) is 2.81. The van der Waals surface area contributed by atoms with E-state index < -0.39 is 0 Å². The Hall–Kier alpha value is -1.58. The summed E-state index contributed by atoms with van der Waals surface area (Å²) in [6, 6.07) is 3.30. The summed E-state index contributed by atoms with van der Waals surface area (Å²) < 4.78 is 0. The van der Waals surface area contributed by atoms with E-state index in [1.807, 2.05) is 0 Å². The molecule has 2 rings (SSSR count). The molecule has 1 saturated carbocycles. The van der Waals surface area contributed by atoms with E-state index in [9.17, 15) is 4.79 Å². The topological polar surface area (TPSA) is 68.0 Å². The maximum absolute atomic E-state index is 12.0. The molecule has 0 aliphatic heterocycles. The van der Waals surface area contributed by atoms with Crippen molar-refractivity contribution >= 4 is 11.6 Å². The number of amides is 1. The Balaban J connectivity index is 1.96. The van der Waals surface area contributed by atoms with Crippen LogP contribution in [0.15, 0.2) is 18.3 Å². The zero-order chi connectivity index (χ0) is 13.0. The van der Waals surface area contributed by atoms with Crippen molar-refractivity contribution in [3.05, 3.63) is 24.0 Å². The van der Waals surface area contributed by atoms with Gasteiger partial charge in [0, 0.05) is 18.4 Å². The van der Waals surface area contributed by atoms with E-state index in [0.29, 0.717) is 16.8 Å². The van der Waals surface area contributed by atoms with Crippen molar-refractivity contribution in [3.8, 4) is 0 Å². The fourth-order valence-electron chi connectivity index (χ4n) is 2.71. The number of carbonyl (C=O) groups excluding carboxylic acids is 1. The molecule has 3 N–H and O–H groups in total. The third-order valence-corrected chi connectivity index (χ3v) is 4.05. The van der Waals surface area contributed by atoms with Crippen LogP contribution in [0.1, 0.15) is 49.5 Å². The van der Waals surface area contributed by atoms with Gasteiger partial charge in [0.15, 0.2) is 0 Å². The lowest BCUT2D eigenvalue weighted by atomic mass is 9.83. The highest BCUT2D eigenvalue weighted by Gasteiger charge is 2.32. The van der Waals surface area contributed by atoms with Crippen molar-refractivity contribution < 1.29 is 4.79 Å². The summed E-state index contributed by atoms with van der Waals surface area (Å²) in [6.07, 6.45) is 7.68. The van der Waals surface area contributed by atoms with E-state index in [1.165, 1.54) is 25.7 Å². The van der Waals surface area contributed by atoms with E-state index in [2.05, 4.69) is 17.2 Å². The van der Waals surface area contributed by atoms with Crippen LogP contribution in [-0.2, 0) is 0 Å². The highest BCUT2D eigenvalue weighted by molar-refractivity contribution is 5.92. The Bertz CT molecular complexity index is 425. The van der Waals surface area contributed by atoms with Crippen LogP contribution in [-0.4, -0.2) is 17.4 Å². The molecular formula is C14H21N3O. The number of anilines is 1. The summed E-state index contributed by atoms with van der Waals surface area (Å²) in [7, 11) is 0. The third-order valence-electron chi connectivity index (χ3n) is 4.05. The fourth-order valence-corrected chi connectivity index (χ4v) is 2.71. The van der Waals surface area contributed by atoms with Crippen LogP contribution in [0.3, 0.4) is 0 Å². The maximum atomic E-state index is 12.0. The van der Waals surface area contributed by atoms with Crippen LogP contribution >= 0.6 is 0 Å². The number of pyridine rings is 1. The van der Waals surface area contributed by atoms with Crippen molar-refractivity contribution in [1.29, 1.82) is 0 Å². The summed E-state index contributed by atoms with van der Waals surface area (Å²) in [5, 5.41) is 3.00. The molecule has 1 fully saturated rings. The van der Waals surface area contributed by atoms with E-state index in [4.69, 9.17) is 5.73 Å². The molecule has 0 atom stereocenters. The van der Waals surface area contributed by atoms with Gasteiger partial charge in [0.2, 0.25) is 0 Å². The molecule has 1 heterocycles. The SMILES string of the molecule is CCC1(CNC(=O)c2cc(N)ccn2)CCCC1. The first kappa shape index (κ1) is 12.9. The Morgan fingerprint density at radius 1 is 1.50 bits per heavy atom. The van der Waals surface area contributed by atoms with Gasteiger partial charge in [-0.3, -0.25) is 9.78 Å². The van der Waals surface area contributed by atoms with Gasteiger partial charge < -0.3 is 11.1 Å². The van der Waals surface area contributed by atoms with E-state index in [0.717, 1.165) is 13.0 Å². The van der Waals surface area contributed by atoms with Crippen molar-refractivity contribution in [3.63, 3.8) is 0 Å². The normalized spacial score (nSPS) is 17.6. The Kier molecular flexibility index (Phi) is 3.84. The largest absolute Gasteiger partial charge is 0.399 e. The molecule has 0 radical (unpaired) electrons. The van der Waals surface area contributed by atoms with Crippen molar-refractivity contribution in [2.45, 2.75) is 39.0 Å². The molecular weight excluding hydrogens is 226 g/mol. The summed E-state index contributed by atoms with van der Waals surface area (Å²) >= 11 is 0. The quantitative estimate of drug-likeness (QED) is 0.858. The monoisotopic (exact) mass is 247 g/mol. The van der Waals surface area contributed by atoms with Crippen LogP contribution in [0.25, 0.3) is 0 Å². The van der Waals surface area contributed by atoms with Gasteiger partial charge in [-0.2, -0.15) is 0 Å². The number of rotatable bonds is 4. The standard InChI is InChI=1S/C14H21N3O/c1-2-14(6-3-4-7-14)10-17-13(18)12-9-11(15)5-8-16-12/h5,8-9H,2-4,6-7,10H2,1H3,(H2,15,16)(H,17,18). The van der Waals surface area contributed by atoms with Gasteiger partial charge in [-0.05, 0) is 36.8 Å². The summed E-state index contributed by atoms with van der Waals surface area (Å²) in [5.41, 5.74) is 6.92. The first-order chi connectivity index (χ1) is 8.65. The smallest absolute Gasteiger partial charge is 0.269 e. The number of aromatic nitrogens is 1. The lowest BCUT2D eigenvalue weighted by molar-refractivity contribution is 0.0924. The highest BCUT2D eigenvalue weighted by atomic mass is 16.1. The molecule has 18 heavy (non-hydrogen) atoms. The number of carbonyl (C=O) groups is 1.